The number of carbonyl (C=O) groups is 1. The highest BCUT2D eigenvalue weighted by Crippen LogP contribution is 2.23. The predicted molar refractivity (Wildman–Crippen MR) is 95.9 cm³/mol. The van der Waals surface area contributed by atoms with Gasteiger partial charge in [0.2, 0.25) is 5.91 Å². The molecule has 0 bridgehead atoms. The average Bonchev–Trinajstić information content (AvgIpc) is 3.23. The van der Waals surface area contributed by atoms with Crippen LogP contribution in [0.25, 0.3) is 10.9 Å². The van der Waals surface area contributed by atoms with Crippen LogP contribution in [0.2, 0.25) is 0 Å². The van der Waals surface area contributed by atoms with Crippen molar-refractivity contribution in [2.24, 2.45) is 0 Å². The van der Waals surface area contributed by atoms with Gasteiger partial charge in [0.1, 0.15) is 5.82 Å². The number of H-pyrrole nitrogens is 1. The number of nitrogens with one attached hydrogen (secondary N) is 1. The maximum Gasteiger partial charge on any atom is 0.224 e. The molecule has 0 radical (unpaired) electrons. The quantitative estimate of drug-likeness (QED) is 0.725. The second-order valence-electron chi connectivity index (χ2n) is 5.89. The zero-order chi connectivity index (χ0) is 16.9. The Labute approximate surface area is 142 Å². The first kappa shape index (κ1) is 16.3. The Kier molecular flexibility index (Phi) is 4.99. The fourth-order valence-electron chi connectivity index (χ4n) is 3.17. The van der Waals surface area contributed by atoms with E-state index in [1.165, 1.54) is 16.5 Å². The van der Waals surface area contributed by atoms with Gasteiger partial charge in [-0.3, -0.25) is 4.79 Å². The summed E-state index contributed by atoms with van der Waals surface area (Å²) in [4.78, 5) is 21.6. The Hall–Kier alpha value is -2.56. The molecule has 3 rings (SSSR count). The Morgan fingerprint density at radius 1 is 1.25 bits per heavy atom. The number of carbonyl (C=O) groups excluding carboxylic acids is 1. The lowest BCUT2D eigenvalue weighted by Gasteiger charge is -2.18. The molecule has 0 aliphatic rings. The van der Waals surface area contributed by atoms with Gasteiger partial charge in [-0.1, -0.05) is 18.2 Å². The van der Waals surface area contributed by atoms with Crippen molar-refractivity contribution in [3.8, 4) is 0 Å². The van der Waals surface area contributed by atoms with E-state index < -0.39 is 0 Å². The van der Waals surface area contributed by atoms with Crippen LogP contribution in [-0.4, -0.2) is 38.4 Å². The molecule has 1 aromatic carbocycles. The van der Waals surface area contributed by atoms with Crippen molar-refractivity contribution in [3.63, 3.8) is 0 Å². The number of aryl methyl sites for hydroxylation is 1. The van der Waals surface area contributed by atoms with Crippen LogP contribution in [0.5, 0.6) is 0 Å². The summed E-state index contributed by atoms with van der Waals surface area (Å²) in [5.74, 6) is 1.17. The minimum Gasteiger partial charge on any atom is -0.348 e. The largest absolute Gasteiger partial charge is 0.348 e. The van der Waals surface area contributed by atoms with E-state index in [0.29, 0.717) is 13.0 Å². The van der Waals surface area contributed by atoms with Gasteiger partial charge in [-0.15, -0.1) is 0 Å². The van der Waals surface area contributed by atoms with E-state index in [2.05, 4.69) is 38.9 Å². The number of para-hydroxylation sites is 1. The molecule has 2 aromatic heterocycles. The van der Waals surface area contributed by atoms with Gasteiger partial charge in [-0.25, -0.2) is 4.98 Å². The number of aromatic amines is 1. The summed E-state index contributed by atoms with van der Waals surface area (Å²) in [5.41, 5.74) is 2.40. The topological polar surface area (TPSA) is 53.9 Å². The van der Waals surface area contributed by atoms with E-state index in [0.717, 1.165) is 25.3 Å². The molecule has 5 heteroatoms. The van der Waals surface area contributed by atoms with Crippen LogP contribution >= 0.6 is 0 Å². The van der Waals surface area contributed by atoms with Crippen LogP contribution in [0.1, 0.15) is 31.7 Å². The highest BCUT2D eigenvalue weighted by molar-refractivity contribution is 5.84. The van der Waals surface area contributed by atoms with Gasteiger partial charge >= 0.3 is 0 Å². The fraction of sp³-hybridized carbons (Fsp3) is 0.368. The van der Waals surface area contributed by atoms with Gasteiger partial charge in [-0.2, -0.15) is 0 Å². The van der Waals surface area contributed by atoms with E-state index in [1.807, 2.05) is 31.0 Å². The Morgan fingerprint density at radius 2 is 2.04 bits per heavy atom. The normalized spacial score (nSPS) is 11.1. The molecule has 2 heterocycles. The van der Waals surface area contributed by atoms with E-state index >= 15 is 0 Å². The molecule has 0 aliphatic heterocycles. The third-order valence-corrected chi connectivity index (χ3v) is 4.47. The number of rotatable bonds is 7. The number of hydrogen-bond acceptors (Lipinski definition) is 2. The number of hydrogen-bond donors (Lipinski definition) is 1. The molecule has 0 saturated carbocycles. The van der Waals surface area contributed by atoms with Crippen LogP contribution in [0.3, 0.4) is 0 Å². The zero-order valence-electron chi connectivity index (χ0n) is 14.3. The molecule has 3 aromatic rings. The smallest absolute Gasteiger partial charge is 0.224 e. The maximum absolute atomic E-state index is 12.3. The molecule has 1 N–H and O–H groups in total. The summed E-state index contributed by atoms with van der Waals surface area (Å²) in [7, 11) is 0. The van der Waals surface area contributed by atoms with Crippen molar-refractivity contribution in [3.05, 3.63) is 54.2 Å². The number of amides is 1. The minimum atomic E-state index is 0.213. The predicted octanol–water partition coefficient (Wildman–Crippen LogP) is 3.21. The van der Waals surface area contributed by atoms with Crippen LogP contribution in [0.15, 0.2) is 42.9 Å². The van der Waals surface area contributed by atoms with Crippen LogP contribution in [0, 0.1) is 0 Å². The first-order valence-corrected chi connectivity index (χ1v) is 8.55. The average molecular weight is 324 g/mol. The van der Waals surface area contributed by atoms with Gasteiger partial charge < -0.3 is 14.5 Å². The molecule has 5 nitrogen and oxygen atoms in total. The van der Waals surface area contributed by atoms with E-state index in [1.54, 1.807) is 6.20 Å². The minimum absolute atomic E-state index is 0.213. The lowest BCUT2D eigenvalue weighted by Crippen LogP contribution is -2.31. The molecule has 0 fully saturated rings. The first-order valence-electron chi connectivity index (χ1n) is 8.55. The van der Waals surface area contributed by atoms with Crippen LogP contribution < -0.4 is 0 Å². The second-order valence-corrected chi connectivity index (χ2v) is 5.89. The Balaban J connectivity index is 1.82. The van der Waals surface area contributed by atoms with E-state index in [-0.39, 0.29) is 5.91 Å². The molecular weight excluding hydrogens is 300 g/mol. The molecule has 24 heavy (non-hydrogen) atoms. The molecular formula is C19H24N4O. The van der Waals surface area contributed by atoms with Crippen LogP contribution in [0.4, 0.5) is 0 Å². The van der Waals surface area contributed by atoms with Gasteiger partial charge in [0.25, 0.3) is 0 Å². The molecule has 0 saturated heterocycles. The summed E-state index contributed by atoms with van der Waals surface area (Å²) in [6, 6.07) is 8.35. The van der Waals surface area contributed by atoms with Crippen molar-refractivity contribution in [1.82, 2.24) is 19.4 Å². The number of imidazole rings is 1. The van der Waals surface area contributed by atoms with Crippen LogP contribution in [-0.2, 0) is 17.8 Å². The highest BCUT2D eigenvalue weighted by atomic mass is 16.2. The number of nitrogens with zero attached hydrogens (tertiary/aromatic N) is 3. The van der Waals surface area contributed by atoms with E-state index in [9.17, 15) is 4.79 Å². The highest BCUT2D eigenvalue weighted by Gasteiger charge is 2.13. The summed E-state index contributed by atoms with van der Waals surface area (Å²) in [6.07, 6.45) is 7.07. The van der Waals surface area contributed by atoms with Gasteiger partial charge in [-0.05, 0) is 25.5 Å². The molecule has 1 amide bonds. The maximum atomic E-state index is 12.3. The summed E-state index contributed by atoms with van der Waals surface area (Å²) in [5, 5.41) is 1.23. The lowest BCUT2D eigenvalue weighted by atomic mass is 10.1. The number of benzene rings is 1. The zero-order valence-corrected chi connectivity index (χ0v) is 14.3. The van der Waals surface area contributed by atoms with Crippen molar-refractivity contribution in [1.29, 1.82) is 0 Å². The monoisotopic (exact) mass is 324 g/mol. The number of fused-ring (bicyclic) bond motifs is 1. The van der Waals surface area contributed by atoms with Gasteiger partial charge in [0, 0.05) is 62.0 Å². The third-order valence-electron chi connectivity index (χ3n) is 4.47. The van der Waals surface area contributed by atoms with E-state index in [4.69, 9.17) is 0 Å². The molecule has 0 aliphatic carbocycles. The Bertz CT molecular complexity index is 800. The summed E-state index contributed by atoms with van der Waals surface area (Å²) < 4.78 is 2.19. The molecule has 0 unspecified atom stereocenters. The molecule has 0 atom stereocenters. The summed E-state index contributed by atoms with van der Waals surface area (Å²) >= 11 is 0. The standard InChI is InChI=1S/C19H24N4O/c1-3-22(4-2)19(24)9-12-23-14-15(13-18-20-10-11-21-18)16-7-5-6-8-17(16)23/h5-8,10-11,14H,3-4,9,12-13H2,1-2H3,(H,20,21). The van der Waals surface area contributed by atoms with Crippen molar-refractivity contribution in [2.45, 2.75) is 33.2 Å². The fourth-order valence-corrected chi connectivity index (χ4v) is 3.17. The van der Waals surface area contributed by atoms with Gasteiger partial charge in [0.05, 0.1) is 0 Å². The van der Waals surface area contributed by atoms with Crippen molar-refractivity contribution in [2.75, 3.05) is 13.1 Å². The van der Waals surface area contributed by atoms with Crippen molar-refractivity contribution < 1.29 is 4.79 Å². The Morgan fingerprint density at radius 3 is 2.75 bits per heavy atom. The van der Waals surface area contributed by atoms with Crippen molar-refractivity contribution >= 4 is 16.8 Å². The second kappa shape index (κ2) is 7.34. The lowest BCUT2D eigenvalue weighted by molar-refractivity contribution is -0.131. The number of aromatic nitrogens is 3. The summed E-state index contributed by atoms with van der Waals surface area (Å²) in [6.45, 7) is 6.28. The molecule has 126 valence electrons. The van der Waals surface area contributed by atoms with Gasteiger partial charge in [0.15, 0.2) is 0 Å². The first-order chi connectivity index (χ1) is 11.7. The third kappa shape index (κ3) is 3.35. The SMILES string of the molecule is CCN(CC)C(=O)CCn1cc(Cc2ncc[nH]2)c2ccccc21. The molecule has 0 spiro atoms.